The number of fused-ring (bicyclic) bond motifs is 4. The molecule has 0 atom stereocenters. The third-order valence-corrected chi connectivity index (χ3v) is 18.3. The van der Waals surface area contributed by atoms with Crippen LogP contribution in [0.4, 0.5) is 0 Å². The molecule has 0 aliphatic rings. The smallest absolute Gasteiger partial charge is 0.256 e. The number of nitrogens with one attached hydrogen (secondary N) is 2. The van der Waals surface area contributed by atoms with Gasteiger partial charge in [0.25, 0.3) is 11.8 Å². The van der Waals surface area contributed by atoms with Gasteiger partial charge in [0.05, 0.1) is 22.3 Å². The molecule has 14 N–H and O–H groups in total. The number of phenolic OH excluding ortho intramolecular Hbond substituents is 12. The van der Waals surface area contributed by atoms with Gasteiger partial charge in [-0.05, 0) is 166 Å². The lowest BCUT2D eigenvalue weighted by atomic mass is 9.86. The van der Waals surface area contributed by atoms with E-state index in [0.717, 1.165) is 57.6 Å². The number of amides is 2. The minimum Gasteiger partial charge on any atom is -0.507 e. The van der Waals surface area contributed by atoms with E-state index in [-0.39, 0.29) is 131 Å². The van der Waals surface area contributed by atoms with Crippen molar-refractivity contribution in [1.29, 1.82) is 0 Å². The summed E-state index contributed by atoms with van der Waals surface area (Å²) in [6.45, 7) is 12.7. The van der Waals surface area contributed by atoms with Crippen LogP contribution in [0.5, 0.6) is 69.0 Å². The quantitative estimate of drug-likeness (QED) is 0.0316. The van der Waals surface area contributed by atoms with E-state index in [0.29, 0.717) is 45.7 Å². The molecule has 0 fully saturated rings. The average Bonchev–Trinajstić information content (AvgIpc) is 0.739. The summed E-state index contributed by atoms with van der Waals surface area (Å²) in [4.78, 5) is 53.9. The van der Waals surface area contributed by atoms with Crippen LogP contribution in [0.3, 0.4) is 0 Å². The number of rotatable bonds is 16. The lowest BCUT2D eigenvalue weighted by molar-refractivity contribution is 0.0941. The first kappa shape index (κ1) is 69.2. The van der Waals surface area contributed by atoms with Crippen molar-refractivity contribution in [3.8, 4) is 91.2 Å². The van der Waals surface area contributed by atoms with Crippen LogP contribution in [0.25, 0.3) is 65.3 Å². The van der Waals surface area contributed by atoms with Crippen LogP contribution in [0.15, 0.2) is 146 Å². The summed E-state index contributed by atoms with van der Waals surface area (Å²) < 4.78 is 0. The van der Waals surface area contributed by atoms with Crippen molar-refractivity contribution >= 4 is 78.1 Å². The second-order valence-electron chi connectivity index (χ2n) is 25.3. The molecular formula is C81H71ClN2O16. The summed E-state index contributed by atoms with van der Waals surface area (Å²) in [7, 11) is 0. The van der Waals surface area contributed by atoms with E-state index >= 15 is 0 Å². The summed E-state index contributed by atoms with van der Waals surface area (Å²) in [5.74, 6) is -8.73. The van der Waals surface area contributed by atoms with E-state index in [2.05, 4.69) is 10.6 Å². The zero-order valence-corrected chi connectivity index (χ0v) is 56.2. The number of phenols is 12. The maximum absolute atomic E-state index is 13.5. The molecule has 0 unspecified atom stereocenters. The first-order valence-electron chi connectivity index (χ1n) is 31.9. The third-order valence-electron chi connectivity index (χ3n) is 18.1. The Kier molecular flexibility index (Phi) is 19.2. The normalized spacial score (nSPS) is 11.3. The van der Waals surface area contributed by atoms with Crippen LogP contribution in [-0.4, -0.2) is 84.7 Å². The molecule has 12 aromatic carbocycles. The maximum Gasteiger partial charge on any atom is 0.256 e. The third kappa shape index (κ3) is 13.3. The molecule has 100 heavy (non-hydrogen) atoms. The molecule has 2 amide bonds. The Balaban J connectivity index is 0.000000202. The van der Waals surface area contributed by atoms with Gasteiger partial charge in [-0.3, -0.25) is 19.2 Å². The van der Waals surface area contributed by atoms with E-state index in [1.165, 1.54) is 0 Å². The Morgan fingerprint density at radius 1 is 0.310 bits per heavy atom. The fourth-order valence-electron chi connectivity index (χ4n) is 13.3. The molecule has 0 bridgehead atoms. The molecule has 18 nitrogen and oxygen atoms in total. The van der Waals surface area contributed by atoms with Gasteiger partial charge in [-0.2, -0.15) is 0 Å². The van der Waals surface area contributed by atoms with Gasteiger partial charge in [0.1, 0.15) is 23.0 Å². The highest BCUT2D eigenvalue weighted by Crippen LogP contribution is 2.54. The Bertz CT molecular complexity index is 4760. The monoisotopic (exact) mass is 1360 g/mol. The maximum atomic E-state index is 13.5. The fourth-order valence-corrected chi connectivity index (χ4v) is 13.5. The van der Waals surface area contributed by atoms with Crippen LogP contribution >= 0.6 is 11.6 Å². The molecule has 0 aliphatic carbocycles. The average molecular weight is 1360 g/mol. The first-order chi connectivity index (χ1) is 47.5. The number of hydrogen-bond acceptors (Lipinski definition) is 16. The van der Waals surface area contributed by atoms with Crippen LogP contribution < -0.4 is 10.6 Å². The molecule has 508 valence electrons. The Hall–Kier alpha value is -12.2. The Morgan fingerprint density at radius 3 is 0.890 bits per heavy atom. The van der Waals surface area contributed by atoms with Gasteiger partial charge in [-0.1, -0.05) is 113 Å². The van der Waals surface area contributed by atoms with Crippen molar-refractivity contribution in [3.63, 3.8) is 0 Å². The van der Waals surface area contributed by atoms with E-state index in [9.17, 15) is 80.5 Å². The molecule has 12 rings (SSSR count). The largest absolute Gasteiger partial charge is 0.507 e. The van der Waals surface area contributed by atoms with Gasteiger partial charge in [-0.25, -0.2) is 0 Å². The van der Waals surface area contributed by atoms with E-state index in [1.54, 1.807) is 76.2 Å². The van der Waals surface area contributed by atoms with Gasteiger partial charge in [0.15, 0.2) is 57.6 Å². The van der Waals surface area contributed by atoms with Crippen LogP contribution in [0.1, 0.15) is 115 Å². The summed E-state index contributed by atoms with van der Waals surface area (Å²) in [5, 5.41) is 140. The fraction of sp³-hybridized carbons (Fsp3) is 0.160. The zero-order chi connectivity index (χ0) is 72.0. The highest BCUT2D eigenvalue weighted by atomic mass is 35.5. The van der Waals surface area contributed by atoms with Crippen LogP contribution in [0, 0.1) is 48.5 Å². The molecule has 0 spiro atoms. The summed E-state index contributed by atoms with van der Waals surface area (Å²) >= 11 is 6.06. The van der Waals surface area contributed by atoms with Crippen molar-refractivity contribution in [2.75, 3.05) is 0 Å². The van der Waals surface area contributed by atoms with Crippen molar-refractivity contribution in [2.45, 2.75) is 87.2 Å². The minimum atomic E-state index is -0.713. The van der Waals surface area contributed by atoms with E-state index < -0.39 is 75.1 Å². The molecule has 12 aromatic rings. The van der Waals surface area contributed by atoms with E-state index in [1.807, 2.05) is 93.6 Å². The number of Topliss-reactive ketones (excluding diaryl/α,β-unsaturated/α-hetero) is 2. The second kappa shape index (κ2) is 27.8. The van der Waals surface area contributed by atoms with Gasteiger partial charge in [0.2, 0.25) is 0 Å². The SMILES string of the molecule is Cc1cccc(CCC(=O)c2c(O)c(O)cc3c(O)c(-c4c(C)cc5c(C(=O)NCc6cccc(C)c6)c(O)c(O)cc5c4O)c(C)cc23)c1.Cc1cccc(CCC(=O)c2c(O)c(O)cc3c(O)c(-c4c(C)cc5c(C(=O)NCc6cccc(Cl)c6)c(O)c(O)cc5c4O)c(C)cc23)c1. The predicted octanol–water partition coefficient (Wildman–Crippen LogP) is 16.1. The summed E-state index contributed by atoms with van der Waals surface area (Å²) in [5.41, 5.74) is 8.11. The number of halogens is 1. The highest BCUT2D eigenvalue weighted by molar-refractivity contribution is 6.30. The molecule has 0 saturated heterocycles. The standard InChI is InChI=1S/C41H37NO8.C40H34ClNO8/c1-20-7-5-9-24(13-20)11-12-30(43)35-26-15-22(3)33(37(46)28(26)17-31(44)39(35)48)34-23(4)16-27-29(38(34)47)18-32(45)40(49)36(27)41(50)42-19-25-10-6-8-21(2)14-25;1-19-6-4-7-22(12-19)10-11-29(43)34-25-13-20(2)32(36(46)27(25)16-30(44)38(34)48)33-21(3)14-26-28(37(33)47)17-31(45)39(49)35(26)40(50)42-18-23-8-5-9-24(41)15-23/h5-10,13-18,44-49H,11-12,19H2,1-4H3,(H,42,50);4-9,12-17,44-49H,10-11,18H2,1-3H3,(H,42,50). The topological polar surface area (TPSA) is 335 Å². The lowest BCUT2D eigenvalue weighted by Gasteiger charge is -2.20. The number of ketones is 2. The Labute approximate surface area is 578 Å². The molecule has 0 radical (unpaired) electrons. The summed E-state index contributed by atoms with van der Waals surface area (Å²) in [6.07, 6.45) is 0.873. The van der Waals surface area contributed by atoms with Crippen molar-refractivity contribution < 1.29 is 80.5 Å². The number of hydrogen-bond donors (Lipinski definition) is 14. The van der Waals surface area contributed by atoms with Crippen molar-refractivity contribution in [1.82, 2.24) is 10.6 Å². The van der Waals surface area contributed by atoms with Crippen molar-refractivity contribution in [3.05, 3.63) is 234 Å². The Morgan fingerprint density at radius 2 is 0.580 bits per heavy atom. The number of aryl methyl sites for hydroxylation is 9. The van der Waals surface area contributed by atoms with E-state index in [4.69, 9.17) is 11.6 Å². The molecular weight excluding hydrogens is 1290 g/mol. The lowest BCUT2D eigenvalue weighted by Crippen LogP contribution is -2.23. The van der Waals surface area contributed by atoms with Gasteiger partial charge in [0, 0.05) is 96.3 Å². The van der Waals surface area contributed by atoms with Gasteiger partial charge >= 0.3 is 0 Å². The molecule has 0 aromatic heterocycles. The van der Waals surface area contributed by atoms with Crippen molar-refractivity contribution in [2.24, 2.45) is 0 Å². The van der Waals surface area contributed by atoms with Crippen LogP contribution in [0.2, 0.25) is 5.02 Å². The highest BCUT2D eigenvalue weighted by Gasteiger charge is 2.31. The van der Waals surface area contributed by atoms with Crippen LogP contribution in [-0.2, 0) is 25.9 Å². The van der Waals surface area contributed by atoms with Gasteiger partial charge < -0.3 is 71.9 Å². The molecule has 0 saturated carbocycles. The minimum absolute atomic E-state index is 0.0215. The molecule has 0 aliphatic heterocycles. The van der Waals surface area contributed by atoms with Gasteiger partial charge in [-0.15, -0.1) is 0 Å². The number of carbonyl (C=O) groups excluding carboxylic acids is 4. The predicted molar refractivity (Wildman–Crippen MR) is 385 cm³/mol. The number of benzene rings is 12. The number of aromatic hydroxyl groups is 12. The second-order valence-corrected chi connectivity index (χ2v) is 25.8. The number of carbonyl (C=O) groups is 4. The zero-order valence-electron chi connectivity index (χ0n) is 55.5. The molecule has 19 heteroatoms. The summed E-state index contributed by atoms with van der Waals surface area (Å²) in [6, 6.07) is 40.7. The molecule has 0 heterocycles. The first-order valence-corrected chi connectivity index (χ1v) is 32.3.